The van der Waals surface area contributed by atoms with Gasteiger partial charge >= 0.3 is 5.97 Å². The van der Waals surface area contributed by atoms with Gasteiger partial charge in [-0.05, 0) is 32.6 Å². The maximum Gasteiger partial charge on any atom is 0.320 e. The maximum atomic E-state index is 12.5. The van der Waals surface area contributed by atoms with E-state index in [1.54, 1.807) is 0 Å². The SMILES string of the molecule is CCOCC(C)(C)CNC(=O)C1CCC(C(=O)O)N1C1CC1. The minimum atomic E-state index is -0.807. The van der Waals surface area contributed by atoms with E-state index in [4.69, 9.17) is 4.74 Å². The standard InChI is InChI=1S/C16H28N2O4/c1-4-22-10-16(2,3)9-17-14(19)12-7-8-13(15(20)21)18(12)11-5-6-11/h11-13H,4-10H2,1-3H3,(H,17,19)(H,20,21). The fourth-order valence-corrected chi connectivity index (χ4v) is 3.10. The van der Waals surface area contributed by atoms with Gasteiger partial charge in [-0.1, -0.05) is 13.8 Å². The molecule has 2 N–H and O–H groups in total. The summed E-state index contributed by atoms with van der Waals surface area (Å²) < 4.78 is 5.43. The van der Waals surface area contributed by atoms with Crippen molar-refractivity contribution in [2.24, 2.45) is 5.41 Å². The summed E-state index contributed by atoms with van der Waals surface area (Å²) in [5, 5.41) is 12.3. The lowest BCUT2D eigenvalue weighted by Crippen LogP contribution is -2.50. The molecule has 6 nitrogen and oxygen atoms in total. The van der Waals surface area contributed by atoms with E-state index in [-0.39, 0.29) is 23.4 Å². The predicted molar refractivity (Wildman–Crippen MR) is 82.6 cm³/mol. The Hall–Kier alpha value is -1.14. The van der Waals surface area contributed by atoms with E-state index in [0.29, 0.717) is 32.6 Å². The molecule has 22 heavy (non-hydrogen) atoms. The minimum Gasteiger partial charge on any atom is -0.480 e. The molecule has 126 valence electrons. The number of rotatable bonds is 8. The van der Waals surface area contributed by atoms with E-state index in [1.807, 2.05) is 11.8 Å². The van der Waals surface area contributed by atoms with Crippen LogP contribution in [0.25, 0.3) is 0 Å². The van der Waals surface area contributed by atoms with Crippen molar-refractivity contribution >= 4 is 11.9 Å². The molecular formula is C16H28N2O4. The maximum absolute atomic E-state index is 12.5. The van der Waals surface area contributed by atoms with Crippen LogP contribution in [0.3, 0.4) is 0 Å². The molecule has 6 heteroatoms. The number of carboxylic acids is 1. The minimum absolute atomic E-state index is 0.0415. The van der Waals surface area contributed by atoms with Crippen LogP contribution in [-0.2, 0) is 14.3 Å². The second-order valence-electron chi connectivity index (χ2n) is 7.14. The number of hydrogen-bond donors (Lipinski definition) is 2. The fraction of sp³-hybridized carbons (Fsp3) is 0.875. The van der Waals surface area contributed by atoms with Crippen molar-refractivity contribution in [3.63, 3.8) is 0 Å². The molecule has 2 aliphatic rings. The number of nitrogens with zero attached hydrogens (tertiary/aromatic N) is 1. The second-order valence-corrected chi connectivity index (χ2v) is 7.14. The molecular weight excluding hydrogens is 284 g/mol. The van der Waals surface area contributed by atoms with E-state index in [1.165, 1.54) is 0 Å². The van der Waals surface area contributed by atoms with Crippen molar-refractivity contribution in [2.45, 2.75) is 64.6 Å². The summed E-state index contributed by atoms with van der Waals surface area (Å²) in [6.45, 7) is 7.85. The van der Waals surface area contributed by atoms with Crippen molar-refractivity contribution in [3.8, 4) is 0 Å². The van der Waals surface area contributed by atoms with Crippen molar-refractivity contribution in [3.05, 3.63) is 0 Å². The molecule has 1 aliphatic carbocycles. The van der Waals surface area contributed by atoms with Gasteiger partial charge in [0.25, 0.3) is 0 Å². The Morgan fingerprint density at radius 2 is 1.86 bits per heavy atom. The third-order valence-corrected chi connectivity index (χ3v) is 4.43. The molecule has 1 aliphatic heterocycles. The average Bonchev–Trinajstić information content (AvgIpc) is 3.20. The van der Waals surface area contributed by atoms with Crippen LogP contribution in [0.2, 0.25) is 0 Å². The summed E-state index contributed by atoms with van der Waals surface area (Å²) in [4.78, 5) is 25.8. The van der Waals surface area contributed by atoms with Crippen molar-refractivity contribution in [2.75, 3.05) is 19.8 Å². The lowest BCUT2D eigenvalue weighted by molar-refractivity contribution is -0.143. The van der Waals surface area contributed by atoms with E-state index < -0.39 is 12.0 Å². The Morgan fingerprint density at radius 3 is 2.41 bits per heavy atom. The Morgan fingerprint density at radius 1 is 1.23 bits per heavy atom. The smallest absolute Gasteiger partial charge is 0.320 e. The molecule has 1 amide bonds. The largest absolute Gasteiger partial charge is 0.480 e. The number of aliphatic carboxylic acids is 1. The molecule has 0 aromatic heterocycles. The summed E-state index contributed by atoms with van der Waals surface area (Å²) in [5.41, 5.74) is -0.124. The summed E-state index contributed by atoms with van der Waals surface area (Å²) >= 11 is 0. The van der Waals surface area contributed by atoms with E-state index in [0.717, 1.165) is 12.8 Å². The molecule has 1 saturated heterocycles. The highest BCUT2D eigenvalue weighted by atomic mass is 16.5. The van der Waals surface area contributed by atoms with Gasteiger partial charge in [-0.25, -0.2) is 0 Å². The zero-order chi connectivity index (χ0) is 16.3. The third-order valence-electron chi connectivity index (χ3n) is 4.43. The molecule has 1 heterocycles. The topological polar surface area (TPSA) is 78.9 Å². The fourth-order valence-electron chi connectivity index (χ4n) is 3.10. The van der Waals surface area contributed by atoms with Crippen LogP contribution in [0.5, 0.6) is 0 Å². The van der Waals surface area contributed by atoms with Crippen molar-refractivity contribution in [1.29, 1.82) is 0 Å². The van der Waals surface area contributed by atoms with Crippen LogP contribution >= 0.6 is 0 Å². The summed E-state index contributed by atoms with van der Waals surface area (Å²) in [5.74, 6) is -0.848. The molecule has 2 atom stereocenters. The molecule has 2 rings (SSSR count). The first kappa shape index (κ1) is 17.2. The molecule has 0 bridgehead atoms. The zero-order valence-corrected chi connectivity index (χ0v) is 13.8. The number of likely N-dealkylation sites (tertiary alicyclic amines) is 1. The molecule has 0 radical (unpaired) electrons. The van der Waals surface area contributed by atoms with Crippen molar-refractivity contribution in [1.82, 2.24) is 10.2 Å². The summed E-state index contributed by atoms with van der Waals surface area (Å²) in [6.07, 6.45) is 3.20. The van der Waals surface area contributed by atoms with Gasteiger partial charge in [-0.3, -0.25) is 14.5 Å². The highest BCUT2D eigenvalue weighted by molar-refractivity contribution is 5.84. The van der Waals surface area contributed by atoms with Crippen LogP contribution in [0.1, 0.15) is 46.5 Å². The highest BCUT2D eigenvalue weighted by Crippen LogP contribution is 2.37. The first-order chi connectivity index (χ1) is 10.4. The number of carbonyl (C=O) groups is 2. The van der Waals surface area contributed by atoms with Gasteiger partial charge < -0.3 is 15.2 Å². The van der Waals surface area contributed by atoms with Crippen LogP contribution in [0, 0.1) is 5.41 Å². The number of carbonyl (C=O) groups excluding carboxylic acids is 1. The van der Waals surface area contributed by atoms with E-state index >= 15 is 0 Å². The van der Waals surface area contributed by atoms with Crippen molar-refractivity contribution < 1.29 is 19.4 Å². The van der Waals surface area contributed by atoms with E-state index in [2.05, 4.69) is 19.2 Å². The number of carboxylic acid groups (broad SMARTS) is 1. The van der Waals surface area contributed by atoms with Gasteiger partial charge in [0.15, 0.2) is 0 Å². The number of ether oxygens (including phenoxy) is 1. The number of hydrogen-bond acceptors (Lipinski definition) is 4. The number of amides is 1. The molecule has 0 aromatic rings. The summed E-state index contributed by atoms with van der Waals surface area (Å²) in [7, 11) is 0. The Kier molecular flexibility index (Phi) is 5.45. The molecule has 2 unspecified atom stereocenters. The highest BCUT2D eigenvalue weighted by Gasteiger charge is 2.48. The quantitative estimate of drug-likeness (QED) is 0.705. The molecule has 2 fully saturated rings. The van der Waals surface area contributed by atoms with E-state index in [9.17, 15) is 14.7 Å². The van der Waals surface area contributed by atoms with Crippen LogP contribution in [0.4, 0.5) is 0 Å². The zero-order valence-electron chi connectivity index (χ0n) is 13.8. The monoisotopic (exact) mass is 312 g/mol. The molecule has 1 saturated carbocycles. The first-order valence-electron chi connectivity index (χ1n) is 8.21. The lowest BCUT2D eigenvalue weighted by Gasteiger charge is -2.29. The predicted octanol–water partition coefficient (Wildman–Crippen LogP) is 1.25. The van der Waals surface area contributed by atoms with Gasteiger partial charge in [0.05, 0.1) is 12.6 Å². The second kappa shape index (κ2) is 6.96. The van der Waals surface area contributed by atoms with Crippen LogP contribution in [-0.4, -0.2) is 59.8 Å². The molecule has 0 spiro atoms. The summed E-state index contributed by atoms with van der Waals surface area (Å²) in [6, 6.07) is -0.521. The van der Waals surface area contributed by atoms with Gasteiger partial charge in [0.2, 0.25) is 5.91 Å². The Bertz CT molecular complexity index is 420. The van der Waals surface area contributed by atoms with Crippen LogP contribution in [0.15, 0.2) is 0 Å². The van der Waals surface area contributed by atoms with Gasteiger partial charge in [-0.2, -0.15) is 0 Å². The lowest BCUT2D eigenvalue weighted by atomic mass is 9.94. The third kappa shape index (κ3) is 4.20. The van der Waals surface area contributed by atoms with Gasteiger partial charge in [0, 0.05) is 24.6 Å². The average molecular weight is 312 g/mol. The normalized spacial score (nSPS) is 26.1. The van der Waals surface area contributed by atoms with Gasteiger partial charge in [0.1, 0.15) is 6.04 Å². The Labute approximate surface area is 132 Å². The van der Waals surface area contributed by atoms with Crippen LogP contribution < -0.4 is 5.32 Å². The number of nitrogens with one attached hydrogen (secondary N) is 1. The first-order valence-corrected chi connectivity index (χ1v) is 8.21. The molecule has 0 aromatic carbocycles. The van der Waals surface area contributed by atoms with Gasteiger partial charge in [-0.15, -0.1) is 0 Å². The Balaban J connectivity index is 1.90.